The summed E-state index contributed by atoms with van der Waals surface area (Å²) in [5, 5.41) is 15.2. The molecule has 0 atom stereocenters. The Morgan fingerprint density at radius 1 is 1.15 bits per heavy atom. The van der Waals surface area contributed by atoms with E-state index in [-0.39, 0.29) is 5.57 Å². The molecule has 0 unspecified atom stereocenters. The Morgan fingerprint density at radius 3 is 2.38 bits per heavy atom. The molecular formula is C19H16ClN3O3. The van der Waals surface area contributed by atoms with E-state index in [1.54, 1.807) is 42.5 Å². The second-order valence-electron chi connectivity index (χ2n) is 5.30. The molecule has 0 radical (unpaired) electrons. The third-order valence-corrected chi connectivity index (χ3v) is 3.89. The van der Waals surface area contributed by atoms with E-state index in [0.717, 1.165) is 5.56 Å². The van der Waals surface area contributed by atoms with Crippen LogP contribution in [-0.2, 0) is 9.53 Å². The van der Waals surface area contributed by atoms with Gasteiger partial charge in [0.15, 0.2) is 0 Å². The summed E-state index contributed by atoms with van der Waals surface area (Å²) in [6.07, 6.45) is 1.29. The van der Waals surface area contributed by atoms with Crippen LogP contribution >= 0.6 is 11.6 Å². The predicted molar refractivity (Wildman–Crippen MR) is 99.9 cm³/mol. The van der Waals surface area contributed by atoms with Gasteiger partial charge >= 0.3 is 5.97 Å². The zero-order valence-electron chi connectivity index (χ0n) is 14.2. The Hall–Kier alpha value is -3.30. The molecular weight excluding hydrogens is 354 g/mol. The largest absolute Gasteiger partial charge is 0.465 e. The number of aryl methyl sites for hydroxylation is 1. The molecule has 0 heterocycles. The van der Waals surface area contributed by atoms with Gasteiger partial charge in [-0.15, -0.1) is 0 Å². The summed E-state index contributed by atoms with van der Waals surface area (Å²) in [5.41, 5.74) is 2.28. The minimum Gasteiger partial charge on any atom is -0.465 e. The van der Waals surface area contributed by atoms with E-state index in [9.17, 15) is 14.9 Å². The third-order valence-electron chi connectivity index (χ3n) is 3.48. The highest BCUT2D eigenvalue weighted by Gasteiger charge is 2.10. The van der Waals surface area contributed by atoms with Crippen molar-refractivity contribution < 1.29 is 14.3 Å². The summed E-state index contributed by atoms with van der Waals surface area (Å²) in [7, 11) is 1.30. The van der Waals surface area contributed by atoms with Crippen LogP contribution < -0.4 is 10.6 Å². The fraction of sp³-hybridized carbons (Fsp3) is 0.105. The van der Waals surface area contributed by atoms with Crippen molar-refractivity contribution in [3.05, 3.63) is 70.4 Å². The first-order valence-electron chi connectivity index (χ1n) is 7.57. The molecule has 2 aromatic carbocycles. The van der Waals surface area contributed by atoms with Gasteiger partial charge in [0.25, 0.3) is 5.91 Å². The van der Waals surface area contributed by atoms with Gasteiger partial charge in [0.05, 0.1) is 12.7 Å². The number of nitrogens with zero attached hydrogens (tertiary/aromatic N) is 1. The number of rotatable bonds is 5. The van der Waals surface area contributed by atoms with Crippen LogP contribution in [0.4, 0.5) is 11.4 Å². The van der Waals surface area contributed by atoms with Crippen LogP contribution in [0.5, 0.6) is 0 Å². The van der Waals surface area contributed by atoms with E-state index < -0.39 is 11.9 Å². The normalized spacial score (nSPS) is 10.6. The maximum atomic E-state index is 12.2. The first-order valence-corrected chi connectivity index (χ1v) is 7.95. The lowest BCUT2D eigenvalue weighted by Crippen LogP contribution is -2.14. The molecule has 0 aliphatic rings. The Balaban J connectivity index is 2.07. The van der Waals surface area contributed by atoms with E-state index in [4.69, 9.17) is 11.6 Å². The van der Waals surface area contributed by atoms with E-state index in [2.05, 4.69) is 15.4 Å². The van der Waals surface area contributed by atoms with Crippen molar-refractivity contribution >= 4 is 34.9 Å². The standard InChI is InChI=1S/C19H16ClN3O3/c1-12-3-6-16(9-17(12)20)23-18(24)14(10-21)11-22-15-7-4-13(5-8-15)19(25)26-2/h3-9,11,22H,1-2H3,(H,23,24)/b14-11-. The number of hydrogen-bond donors (Lipinski definition) is 2. The lowest BCUT2D eigenvalue weighted by molar-refractivity contribution is -0.112. The van der Waals surface area contributed by atoms with Gasteiger partial charge < -0.3 is 15.4 Å². The average molecular weight is 370 g/mol. The number of methoxy groups -OCH3 is 1. The minimum atomic E-state index is -0.564. The molecule has 6 nitrogen and oxygen atoms in total. The van der Waals surface area contributed by atoms with Gasteiger partial charge in [-0.25, -0.2) is 4.79 Å². The minimum absolute atomic E-state index is 0.112. The van der Waals surface area contributed by atoms with E-state index in [1.165, 1.54) is 13.3 Å². The molecule has 2 aromatic rings. The lowest BCUT2D eigenvalue weighted by Gasteiger charge is -2.07. The van der Waals surface area contributed by atoms with Gasteiger partial charge in [-0.1, -0.05) is 17.7 Å². The zero-order chi connectivity index (χ0) is 19.1. The number of hydrogen-bond acceptors (Lipinski definition) is 5. The number of halogens is 1. The van der Waals surface area contributed by atoms with Crippen molar-refractivity contribution in [3.8, 4) is 6.07 Å². The SMILES string of the molecule is COC(=O)c1ccc(N/C=C(/C#N)C(=O)Nc2ccc(C)c(Cl)c2)cc1. The molecule has 0 spiro atoms. The van der Waals surface area contributed by atoms with Crippen molar-refractivity contribution in [1.29, 1.82) is 5.26 Å². The van der Waals surface area contributed by atoms with Crippen LogP contribution in [0.25, 0.3) is 0 Å². The molecule has 0 bridgehead atoms. The molecule has 2 N–H and O–H groups in total. The van der Waals surface area contributed by atoms with Gasteiger partial charge in [-0.3, -0.25) is 4.79 Å². The Bertz CT molecular complexity index is 899. The number of benzene rings is 2. The van der Waals surface area contributed by atoms with Crippen molar-refractivity contribution in [3.63, 3.8) is 0 Å². The fourth-order valence-electron chi connectivity index (χ4n) is 1.99. The summed E-state index contributed by atoms with van der Waals surface area (Å²) in [6, 6.07) is 13.3. The molecule has 1 amide bonds. The van der Waals surface area contributed by atoms with Gasteiger partial charge in [-0.05, 0) is 48.9 Å². The molecule has 26 heavy (non-hydrogen) atoms. The summed E-state index contributed by atoms with van der Waals surface area (Å²) in [6.45, 7) is 1.85. The number of carbonyl (C=O) groups excluding carboxylic acids is 2. The quantitative estimate of drug-likeness (QED) is 0.474. The molecule has 2 rings (SSSR count). The first-order chi connectivity index (χ1) is 12.4. The topological polar surface area (TPSA) is 91.2 Å². The van der Waals surface area contributed by atoms with Gasteiger partial charge in [0, 0.05) is 22.6 Å². The monoisotopic (exact) mass is 369 g/mol. The summed E-state index contributed by atoms with van der Waals surface area (Å²) in [4.78, 5) is 23.6. The number of amides is 1. The third kappa shape index (κ3) is 4.85. The van der Waals surface area contributed by atoms with Crippen molar-refractivity contribution in [2.45, 2.75) is 6.92 Å². The van der Waals surface area contributed by atoms with E-state index >= 15 is 0 Å². The first kappa shape index (κ1) is 19.0. The number of carbonyl (C=O) groups is 2. The highest BCUT2D eigenvalue weighted by atomic mass is 35.5. The number of ether oxygens (including phenoxy) is 1. The Kier molecular flexibility index (Phi) is 6.36. The number of anilines is 2. The van der Waals surface area contributed by atoms with E-state index in [0.29, 0.717) is 22.0 Å². The molecule has 0 aromatic heterocycles. The molecule has 0 aliphatic heterocycles. The number of esters is 1. The summed E-state index contributed by atoms with van der Waals surface area (Å²) in [5.74, 6) is -1.01. The number of nitrogens with one attached hydrogen (secondary N) is 2. The molecule has 0 fully saturated rings. The molecule has 7 heteroatoms. The maximum absolute atomic E-state index is 12.2. The molecule has 0 saturated heterocycles. The van der Waals surface area contributed by atoms with Crippen LogP contribution in [0.3, 0.4) is 0 Å². The van der Waals surface area contributed by atoms with Crippen molar-refractivity contribution in [2.24, 2.45) is 0 Å². The van der Waals surface area contributed by atoms with Crippen LogP contribution in [0.1, 0.15) is 15.9 Å². The second kappa shape index (κ2) is 8.70. The predicted octanol–water partition coefficient (Wildman–Crippen LogP) is 3.89. The van der Waals surface area contributed by atoms with Crippen LogP contribution in [0.15, 0.2) is 54.2 Å². The van der Waals surface area contributed by atoms with Crippen LogP contribution in [0.2, 0.25) is 5.02 Å². The summed E-state index contributed by atoms with van der Waals surface area (Å²) < 4.78 is 4.62. The smallest absolute Gasteiger partial charge is 0.337 e. The fourth-order valence-corrected chi connectivity index (χ4v) is 2.17. The molecule has 0 aliphatic carbocycles. The van der Waals surface area contributed by atoms with Gasteiger partial charge in [0.2, 0.25) is 0 Å². The maximum Gasteiger partial charge on any atom is 0.337 e. The van der Waals surface area contributed by atoms with Gasteiger partial charge in [0.1, 0.15) is 11.6 Å². The second-order valence-corrected chi connectivity index (χ2v) is 5.71. The molecule has 132 valence electrons. The van der Waals surface area contributed by atoms with Gasteiger partial charge in [-0.2, -0.15) is 5.26 Å². The molecule has 0 saturated carbocycles. The Morgan fingerprint density at radius 2 is 1.81 bits per heavy atom. The zero-order valence-corrected chi connectivity index (χ0v) is 14.9. The van der Waals surface area contributed by atoms with Crippen LogP contribution in [0, 0.1) is 18.3 Å². The number of nitriles is 1. The highest BCUT2D eigenvalue weighted by molar-refractivity contribution is 6.31. The van der Waals surface area contributed by atoms with E-state index in [1.807, 2.05) is 13.0 Å². The summed E-state index contributed by atoms with van der Waals surface area (Å²) >= 11 is 6.02. The lowest BCUT2D eigenvalue weighted by atomic mass is 10.2. The van der Waals surface area contributed by atoms with Crippen molar-refractivity contribution in [1.82, 2.24) is 0 Å². The average Bonchev–Trinajstić information content (AvgIpc) is 2.65. The Labute approximate surface area is 156 Å². The van der Waals surface area contributed by atoms with Crippen LogP contribution in [-0.4, -0.2) is 19.0 Å². The highest BCUT2D eigenvalue weighted by Crippen LogP contribution is 2.20. The van der Waals surface area contributed by atoms with Crippen molar-refractivity contribution in [2.75, 3.05) is 17.7 Å².